The van der Waals surface area contributed by atoms with Crippen molar-refractivity contribution in [3.63, 3.8) is 0 Å². The Hall–Kier alpha value is -1.77. The first kappa shape index (κ1) is 13.7. The molecule has 0 amide bonds. The third kappa shape index (κ3) is 3.85. The van der Waals surface area contributed by atoms with Crippen molar-refractivity contribution >= 4 is 23.4 Å². The Balaban J connectivity index is 1.82. The van der Waals surface area contributed by atoms with Crippen molar-refractivity contribution in [3.8, 4) is 0 Å². The Labute approximate surface area is 114 Å². The maximum atomic E-state index is 10.5. The van der Waals surface area contributed by atoms with Crippen LogP contribution in [0.5, 0.6) is 0 Å². The smallest absolute Gasteiger partial charge is 0.306 e. The highest BCUT2D eigenvalue weighted by Gasteiger charge is 2.12. The van der Waals surface area contributed by atoms with E-state index >= 15 is 0 Å². The monoisotopic (exact) mass is 284 g/mol. The zero-order chi connectivity index (χ0) is 13.7. The summed E-state index contributed by atoms with van der Waals surface area (Å²) in [5, 5.41) is 14.4. The molecule has 2 rings (SSSR count). The van der Waals surface area contributed by atoms with E-state index < -0.39 is 4.92 Å². The van der Waals surface area contributed by atoms with E-state index in [1.165, 1.54) is 17.1 Å². The van der Waals surface area contributed by atoms with Crippen LogP contribution in [0.3, 0.4) is 0 Å². The molecule has 0 atom stereocenters. The molecule has 0 spiro atoms. The van der Waals surface area contributed by atoms with E-state index in [1.54, 1.807) is 0 Å². The van der Waals surface area contributed by atoms with Crippen LogP contribution in [0.15, 0.2) is 17.4 Å². The lowest BCUT2D eigenvalue weighted by Crippen LogP contribution is -2.42. The summed E-state index contributed by atoms with van der Waals surface area (Å²) in [6.45, 7) is 2.80. The van der Waals surface area contributed by atoms with Gasteiger partial charge in [0.2, 0.25) is 0 Å². The lowest BCUT2D eigenvalue weighted by molar-refractivity contribution is -0.385. The molecule has 19 heavy (non-hydrogen) atoms. The van der Waals surface area contributed by atoms with Gasteiger partial charge in [-0.3, -0.25) is 19.8 Å². The average molecular weight is 284 g/mol. The van der Waals surface area contributed by atoms with E-state index in [1.807, 2.05) is 11.8 Å². The highest BCUT2D eigenvalue weighted by Crippen LogP contribution is 2.09. The number of aromatic nitrogens is 2. The van der Waals surface area contributed by atoms with Crippen molar-refractivity contribution in [2.24, 2.45) is 10.7 Å². The number of rotatable bonds is 4. The Morgan fingerprint density at radius 3 is 2.95 bits per heavy atom. The molecule has 0 aromatic carbocycles. The van der Waals surface area contributed by atoms with Crippen LogP contribution in [0, 0.1) is 10.1 Å². The largest absolute Gasteiger partial charge is 0.370 e. The van der Waals surface area contributed by atoms with E-state index in [0.29, 0.717) is 19.0 Å². The summed E-state index contributed by atoms with van der Waals surface area (Å²) < 4.78 is 1.50. The van der Waals surface area contributed by atoms with Crippen LogP contribution in [0.25, 0.3) is 0 Å². The van der Waals surface area contributed by atoms with Gasteiger partial charge >= 0.3 is 5.69 Å². The SMILES string of the molecule is NC(=NCCn1cc([N+](=O)[O-])cn1)N1CCSCC1. The molecule has 1 aromatic heterocycles. The van der Waals surface area contributed by atoms with Crippen LogP contribution in [-0.2, 0) is 6.54 Å². The van der Waals surface area contributed by atoms with Crippen LogP contribution >= 0.6 is 11.8 Å². The van der Waals surface area contributed by atoms with Gasteiger partial charge in [-0.2, -0.15) is 16.9 Å². The fraction of sp³-hybridized carbons (Fsp3) is 0.600. The molecule has 2 N–H and O–H groups in total. The lowest BCUT2D eigenvalue weighted by Gasteiger charge is -2.27. The number of nitrogens with zero attached hydrogens (tertiary/aromatic N) is 5. The van der Waals surface area contributed by atoms with E-state index in [-0.39, 0.29) is 5.69 Å². The number of nitrogens with two attached hydrogens (primary N) is 1. The summed E-state index contributed by atoms with van der Waals surface area (Å²) >= 11 is 1.91. The summed E-state index contributed by atoms with van der Waals surface area (Å²) in [5.74, 6) is 2.69. The molecular formula is C10H16N6O2S. The second-order valence-electron chi connectivity index (χ2n) is 4.06. The Morgan fingerprint density at radius 2 is 2.32 bits per heavy atom. The summed E-state index contributed by atoms with van der Waals surface area (Å²) in [6, 6.07) is 0. The summed E-state index contributed by atoms with van der Waals surface area (Å²) in [6.07, 6.45) is 2.62. The number of hydrogen-bond acceptors (Lipinski definition) is 5. The van der Waals surface area contributed by atoms with Crippen molar-refractivity contribution in [3.05, 3.63) is 22.5 Å². The van der Waals surface area contributed by atoms with Gasteiger partial charge in [0.05, 0.1) is 18.0 Å². The number of thioether (sulfide) groups is 1. The fourth-order valence-corrected chi connectivity index (χ4v) is 2.63. The van der Waals surface area contributed by atoms with E-state index in [4.69, 9.17) is 5.73 Å². The highest BCUT2D eigenvalue weighted by molar-refractivity contribution is 7.99. The minimum Gasteiger partial charge on any atom is -0.370 e. The highest BCUT2D eigenvalue weighted by atomic mass is 32.2. The molecule has 2 heterocycles. The van der Waals surface area contributed by atoms with Crippen molar-refractivity contribution in [1.82, 2.24) is 14.7 Å². The molecule has 0 aliphatic carbocycles. The van der Waals surface area contributed by atoms with Crippen LogP contribution in [-0.4, -0.2) is 56.7 Å². The predicted molar refractivity (Wildman–Crippen MR) is 74.3 cm³/mol. The van der Waals surface area contributed by atoms with Gasteiger partial charge in [0.15, 0.2) is 5.96 Å². The topological polar surface area (TPSA) is 103 Å². The molecule has 1 aliphatic heterocycles. The normalized spacial score (nSPS) is 16.6. The standard InChI is InChI=1S/C10H16N6O2S/c11-10(14-3-5-19-6-4-14)12-1-2-15-8-9(7-13-15)16(17)18/h7-8H,1-6H2,(H2,11,12). The molecule has 8 nitrogen and oxygen atoms in total. The molecular weight excluding hydrogens is 268 g/mol. The summed E-state index contributed by atoms with van der Waals surface area (Å²) in [5.41, 5.74) is 5.89. The molecule has 0 radical (unpaired) electrons. The van der Waals surface area contributed by atoms with Crippen LogP contribution in [0.1, 0.15) is 0 Å². The minimum atomic E-state index is -0.466. The fourth-order valence-electron chi connectivity index (χ4n) is 1.73. The summed E-state index contributed by atoms with van der Waals surface area (Å²) in [4.78, 5) is 16.4. The third-order valence-corrected chi connectivity index (χ3v) is 3.71. The van der Waals surface area contributed by atoms with Crippen molar-refractivity contribution < 1.29 is 4.92 Å². The zero-order valence-corrected chi connectivity index (χ0v) is 11.3. The zero-order valence-electron chi connectivity index (χ0n) is 10.4. The first-order valence-electron chi connectivity index (χ1n) is 5.96. The Bertz CT molecular complexity index is 468. The Kier molecular flexibility index (Phi) is 4.61. The molecule has 1 saturated heterocycles. The van der Waals surface area contributed by atoms with Gasteiger partial charge in [0.25, 0.3) is 0 Å². The van der Waals surface area contributed by atoms with E-state index in [2.05, 4.69) is 15.0 Å². The third-order valence-electron chi connectivity index (χ3n) is 2.77. The molecule has 1 aromatic rings. The number of aliphatic imine (C=N–C) groups is 1. The van der Waals surface area contributed by atoms with Gasteiger partial charge in [0.1, 0.15) is 12.4 Å². The van der Waals surface area contributed by atoms with Crippen LogP contribution in [0.2, 0.25) is 0 Å². The molecule has 0 unspecified atom stereocenters. The number of guanidine groups is 1. The molecule has 9 heteroatoms. The van der Waals surface area contributed by atoms with Crippen LogP contribution < -0.4 is 5.73 Å². The molecule has 1 fully saturated rings. The lowest BCUT2D eigenvalue weighted by atomic mass is 10.5. The van der Waals surface area contributed by atoms with Crippen LogP contribution in [0.4, 0.5) is 5.69 Å². The van der Waals surface area contributed by atoms with Gasteiger partial charge < -0.3 is 10.6 Å². The second-order valence-corrected chi connectivity index (χ2v) is 5.28. The molecule has 1 aliphatic rings. The van der Waals surface area contributed by atoms with Gasteiger partial charge in [-0.05, 0) is 0 Å². The molecule has 0 saturated carbocycles. The average Bonchev–Trinajstić information content (AvgIpc) is 2.89. The van der Waals surface area contributed by atoms with E-state index in [9.17, 15) is 10.1 Å². The molecule has 0 bridgehead atoms. The quantitative estimate of drug-likeness (QED) is 0.365. The van der Waals surface area contributed by atoms with Crippen molar-refractivity contribution in [1.29, 1.82) is 0 Å². The first-order valence-corrected chi connectivity index (χ1v) is 7.12. The van der Waals surface area contributed by atoms with Gasteiger partial charge in [0, 0.05) is 24.6 Å². The maximum absolute atomic E-state index is 10.5. The second kappa shape index (κ2) is 6.41. The number of hydrogen-bond donors (Lipinski definition) is 1. The summed E-state index contributed by atoms with van der Waals surface area (Å²) in [7, 11) is 0. The number of nitro groups is 1. The minimum absolute atomic E-state index is 0.00925. The van der Waals surface area contributed by atoms with Gasteiger partial charge in [-0.15, -0.1) is 0 Å². The van der Waals surface area contributed by atoms with E-state index in [0.717, 1.165) is 24.6 Å². The van der Waals surface area contributed by atoms with Crippen molar-refractivity contribution in [2.45, 2.75) is 6.54 Å². The Morgan fingerprint density at radius 1 is 1.58 bits per heavy atom. The van der Waals surface area contributed by atoms with Gasteiger partial charge in [-0.1, -0.05) is 0 Å². The first-order chi connectivity index (χ1) is 9.16. The van der Waals surface area contributed by atoms with Gasteiger partial charge in [-0.25, -0.2) is 0 Å². The molecule has 104 valence electrons. The predicted octanol–water partition coefficient (Wildman–Crippen LogP) is 0.155. The maximum Gasteiger partial charge on any atom is 0.306 e. The van der Waals surface area contributed by atoms with Crippen molar-refractivity contribution in [2.75, 3.05) is 31.1 Å².